The molecule has 0 bridgehead atoms. The molecule has 92 valence electrons. The number of nitrogens with zero attached hydrogens (tertiary/aromatic N) is 2. The van der Waals surface area contributed by atoms with Crippen LogP contribution in [0.25, 0.3) is 0 Å². The van der Waals surface area contributed by atoms with Crippen LogP contribution < -0.4 is 11.5 Å². The molecule has 1 saturated heterocycles. The zero-order valence-electron chi connectivity index (χ0n) is 9.69. The molecule has 1 aliphatic rings. The Labute approximate surface area is 102 Å². The summed E-state index contributed by atoms with van der Waals surface area (Å²) < 4.78 is 0. The van der Waals surface area contributed by atoms with Gasteiger partial charge in [-0.3, -0.25) is 14.6 Å². The number of hydrogen-bond donors (Lipinski definition) is 2. The zero-order valence-corrected chi connectivity index (χ0v) is 10.5. The second-order valence-corrected chi connectivity index (χ2v) is 4.63. The molecule has 0 spiro atoms. The molecule has 0 aromatic carbocycles. The van der Waals surface area contributed by atoms with Crippen molar-refractivity contribution in [2.75, 3.05) is 32.7 Å². The van der Waals surface area contributed by atoms with E-state index >= 15 is 0 Å². The molecule has 1 atom stereocenters. The molecule has 1 amide bonds. The van der Waals surface area contributed by atoms with Crippen LogP contribution in [0.1, 0.15) is 13.3 Å². The van der Waals surface area contributed by atoms with Crippen molar-refractivity contribution in [3.8, 4) is 0 Å². The second-order valence-electron chi connectivity index (χ2n) is 4.10. The third-order valence-corrected chi connectivity index (χ3v) is 3.07. The van der Waals surface area contributed by atoms with Crippen molar-refractivity contribution in [3.05, 3.63) is 0 Å². The lowest BCUT2D eigenvalue weighted by Gasteiger charge is -2.37. The highest BCUT2D eigenvalue weighted by Gasteiger charge is 2.25. The lowest BCUT2D eigenvalue weighted by molar-refractivity contribution is -0.124. The minimum atomic E-state index is -0.231. The molecule has 1 heterocycles. The Balaban J connectivity index is 2.41. The molecule has 0 aromatic heterocycles. The molecule has 0 aromatic rings. The molecule has 1 rings (SSSR count). The molecule has 0 saturated carbocycles. The number of rotatable bonds is 5. The maximum atomic E-state index is 11.2. The number of amides is 1. The van der Waals surface area contributed by atoms with Crippen LogP contribution in [0.4, 0.5) is 0 Å². The van der Waals surface area contributed by atoms with Crippen molar-refractivity contribution in [1.82, 2.24) is 9.80 Å². The first kappa shape index (κ1) is 13.3. The summed E-state index contributed by atoms with van der Waals surface area (Å²) in [7, 11) is 0. The summed E-state index contributed by atoms with van der Waals surface area (Å²) in [5.74, 6) is -0.231. The fraction of sp³-hybridized carbons (Fsp3) is 0.800. The topological polar surface area (TPSA) is 75.6 Å². The Morgan fingerprint density at radius 3 is 2.25 bits per heavy atom. The first-order valence-electron chi connectivity index (χ1n) is 5.58. The van der Waals surface area contributed by atoms with Gasteiger partial charge in [-0.15, -0.1) is 0 Å². The fourth-order valence-corrected chi connectivity index (χ4v) is 2.28. The van der Waals surface area contributed by atoms with E-state index in [0.29, 0.717) is 11.5 Å². The number of thiocarbonyl (C=S) groups is 1. The van der Waals surface area contributed by atoms with Crippen molar-refractivity contribution < 1.29 is 4.79 Å². The molecule has 0 radical (unpaired) electrons. The number of nitrogens with two attached hydrogens (primary N) is 2. The predicted octanol–water partition coefficient (Wildman–Crippen LogP) is -0.846. The molecule has 16 heavy (non-hydrogen) atoms. The van der Waals surface area contributed by atoms with Gasteiger partial charge in [0.2, 0.25) is 5.91 Å². The van der Waals surface area contributed by atoms with Gasteiger partial charge in [-0.25, -0.2) is 0 Å². The second kappa shape index (κ2) is 6.12. The molecule has 6 heteroatoms. The van der Waals surface area contributed by atoms with E-state index in [-0.39, 0.29) is 11.9 Å². The maximum Gasteiger partial charge on any atom is 0.234 e. The van der Waals surface area contributed by atoms with Crippen molar-refractivity contribution in [1.29, 1.82) is 0 Å². The average molecular weight is 244 g/mol. The first-order chi connectivity index (χ1) is 7.54. The summed E-state index contributed by atoms with van der Waals surface area (Å²) in [5, 5.41) is 0. The predicted molar refractivity (Wildman–Crippen MR) is 68.1 cm³/mol. The van der Waals surface area contributed by atoms with Crippen molar-refractivity contribution in [2.45, 2.75) is 19.4 Å². The Kier molecular flexibility index (Phi) is 5.11. The monoisotopic (exact) mass is 244 g/mol. The summed E-state index contributed by atoms with van der Waals surface area (Å²) in [6.07, 6.45) is 0.768. The minimum absolute atomic E-state index is 0.132. The molecule has 1 unspecified atom stereocenters. The highest BCUT2D eigenvalue weighted by Crippen LogP contribution is 2.08. The quantitative estimate of drug-likeness (QED) is 0.616. The van der Waals surface area contributed by atoms with Gasteiger partial charge in [0.15, 0.2) is 0 Å². The van der Waals surface area contributed by atoms with Gasteiger partial charge in [0, 0.05) is 32.7 Å². The highest BCUT2D eigenvalue weighted by atomic mass is 32.1. The fourth-order valence-electron chi connectivity index (χ4n) is 2.09. The van der Waals surface area contributed by atoms with Crippen molar-refractivity contribution in [2.24, 2.45) is 11.5 Å². The molecule has 4 N–H and O–H groups in total. The van der Waals surface area contributed by atoms with Gasteiger partial charge >= 0.3 is 0 Å². The summed E-state index contributed by atoms with van der Waals surface area (Å²) in [5.41, 5.74) is 10.9. The number of carbonyl (C=O) groups excluding carboxylic acids is 1. The van der Waals surface area contributed by atoms with Crippen molar-refractivity contribution >= 4 is 23.1 Å². The smallest absolute Gasteiger partial charge is 0.234 e. The van der Waals surface area contributed by atoms with E-state index in [0.717, 1.165) is 32.6 Å². The highest BCUT2D eigenvalue weighted by molar-refractivity contribution is 7.80. The average Bonchev–Trinajstić information content (AvgIpc) is 2.20. The van der Waals surface area contributed by atoms with E-state index in [1.54, 1.807) is 0 Å². The van der Waals surface area contributed by atoms with Crippen LogP contribution in [-0.2, 0) is 4.79 Å². The molecule has 0 aliphatic carbocycles. The molecular weight excluding hydrogens is 224 g/mol. The number of carbonyl (C=O) groups is 1. The Hall–Kier alpha value is -0.720. The summed E-state index contributed by atoms with van der Waals surface area (Å²) in [6, 6.07) is -0.132. The lowest BCUT2D eigenvalue weighted by atomic mass is 10.1. The SMILES string of the molecule is CCC(C(N)=O)N1CCN(CC(N)=S)CC1. The van der Waals surface area contributed by atoms with E-state index in [4.69, 9.17) is 23.7 Å². The van der Waals surface area contributed by atoms with E-state index in [1.165, 1.54) is 0 Å². The first-order valence-corrected chi connectivity index (χ1v) is 5.99. The molecular formula is C10H20N4OS. The number of piperazine rings is 1. The van der Waals surface area contributed by atoms with Gasteiger partial charge in [-0.05, 0) is 6.42 Å². The Morgan fingerprint density at radius 2 is 1.88 bits per heavy atom. The summed E-state index contributed by atoms with van der Waals surface area (Å²) >= 11 is 4.87. The molecule has 1 aliphatic heterocycles. The van der Waals surface area contributed by atoms with Crippen LogP contribution in [0.5, 0.6) is 0 Å². The van der Waals surface area contributed by atoms with Gasteiger partial charge < -0.3 is 11.5 Å². The standard InChI is InChI=1S/C10H20N4OS/c1-2-8(10(12)15)14-5-3-13(4-6-14)7-9(11)16/h8H,2-7H2,1H3,(H2,11,16)(H2,12,15). The van der Waals surface area contributed by atoms with Gasteiger partial charge in [-0.1, -0.05) is 19.1 Å². The van der Waals surface area contributed by atoms with Crippen LogP contribution in [0.2, 0.25) is 0 Å². The van der Waals surface area contributed by atoms with Gasteiger partial charge in [0.05, 0.1) is 11.0 Å². The Morgan fingerprint density at radius 1 is 1.31 bits per heavy atom. The van der Waals surface area contributed by atoms with Crippen LogP contribution in [-0.4, -0.2) is 59.5 Å². The molecule has 5 nitrogen and oxygen atoms in total. The van der Waals surface area contributed by atoms with E-state index in [1.807, 2.05) is 6.92 Å². The van der Waals surface area contributed by atoms with Gasteiger partial charge in [0.25, 0.3) is 0 Å². The van der Waals surface area contributed by atoms with Crippen LogP contribution >= 0.6 is 12.2 Å². The van der Waals surface area contributed by atoms with E-state index in [2.05, 4.69) is 9.80 Å². The van der Waals surface area contributed by atoms with E-state index < -0.39 is 0 Å². The lowest BCUT2D eigenvalue weighted by Crippen LogP contribution is -2.54. The van der Waals surface area contributed by atoms with E-state index in [9.17, 15) is 4.79 Å². The normalized spacial score (nSPS) is 20.6. The summed E-state index contributed by atoms with van der Waals surface area (Å²) in [4.78, 5) is 16.1. The molecule has 1 fully saturated rings. The third kappa shape index (κ3) is 3.70. The van der Waals surface area contributed by atoms with Crippen LogP contribution in [0.3, 0.4) is 0 Å². The van der Waals surface area contributed by atoms with Gasteiger partial charge in [-0.2, -0.15) is 0 Å². The third-order valence-electron chi connectivity index (χ3n) is 2.94. The Bertz CT molecular complexity index is 264. The zero-order chi connectivity index (χ0) is 12.1. The summed E-state index contributed by atoms with van der Waals surface area (Å²) in [6.45, 7) is 6.13. The van der Waals surface area contributed by atoms with Crippen LogP contribution in [0.15, 0.2) is 0 Å². The van der Waals surface area contributed by atoms with Crippen molar-refractivity contribution in [3.63, 3.8) is 0 Å². The maximum absolute atomic E-state index is 11.2. The van der Waals surface area contributed by atoms with Crippen LogP contribution in [0, 0.1) is 0 Å². The largest absolute Gasteiger partial charge is 0.392 e. The number of primary amides is 1. The number of hydrogen-bond acceptors (Lipinski definition) is 4. The van der Waals surface area contributed by atoms with Gasteiger partial charge in [0.1, 0.15) is 0 Å². The minimum Gasteiger partial charge on any atom is -0.392 e.